The van der Waals surface area contributed by atoms with Gasteiger partial charge in [0.1, 0.15) is 22.9 Å². The molecule has 3 aromatic rings. The minimum Gasteiger partial charge on any atom is -0.379 e. The van der Waals surface area contributed by atoms with E-state index in [2.05, 4.69) is 26.0 Å². The van der Waals surface area contributed by atoms with Gasteiger partial charge in [0.2, 0.25) is 0 Å². The summed E-state index contributed by atoms with van der Waals surface area (Å²) in [6.07, 6.45) is 5.95. The average Bonchev–Trinajstić information content (AvgIpc) is 3.47. The molecule has 11 heteroatoms. The van der Waals surface area contributed by atoms with Crippen molar-refractivity contribution in [1.29, 1.82) is 0 Å². The second-order valence-corrected chi connectivity index (χ2v) is 8.34. The topological polar surface area (TPSA) is 124 Å². The molecule has 0 radical (unpaired) electrons. The van der Waals surface area contributed by atoms with Crippen molar-refractivity contribution >= 4 is 28.9 Å². The lowest BCUT2D eigenvalue weighted by molar-refractivity contribution is 0.00732. The zero-order chi connectivity index (χ0) is 23.1. The van der Waals surface area contributed by atoms with Crippen LogP contribution in [0.4, 0.5) is 17.3 Å². The maximum atomic E-state index is 13.0. The molecule has 0 aromatic carbocycles. The number of methoxy groups -OCH3 is 2. The van der Waals surface area contributed by atoms with Crippen LogP contribution in [-0.2, 0) is 9.47 Å². The maximum Gasteiger partial charge on any atom is 0.274 e. The number of hydrogen-bond acceptors (Lipinski definition) is 8. The second-order valence-electron chi connectivity index (χ2n) is 8.34. The third-order valence-electron chi connectivity index (χ3n) is 6.40. The Morgan fingerprint density at radius 2 is 2.03 bits per heavy atom. The monoisotopic (exact) mass is 453 g/mol. The summed E-state index contributed by atoms with van der Waals surface area (Å²) >= 11 is 0. The van der Waals surface area contributed by atoms with E-state index in [-0.39, 0.29) is 35.8 Å². The quantitative estimate of drug-likeness (QED) is 0.469. The Labute approximate surface area is 190 Å². The lowest BCUT2D eigenvalue weighted by atomic mass is 9.89. The van der Waals surface area contributed by atoms with Crippen molar-refractivity contribution in [3.8, 4) is 0 Å². The van der Waals surface area contributed by atoms with Crippen LogP contribution in [0, 0.1) is 0 Å². The highest BCUT2D eigenvalue weighted by molar-refractivity contribution is 6.00. The van der Waals surface area contributed by atoms with E-state index >= 15 is 0 Å². The third kappa shape index (κ3) is 3.83. The SMILES string of the molecule is CNc1cc(Nc2cccn([C@H]3C[C@@H]3OC)c2=O)nc2c(C(=O)N[C@H]3CC[C@@H]3OC)cnn12. The maximum absolute atomic E-state index is 13.0. The first-order chi connectivity index (χ1) is 16.0. The predicted molar refractivity (Wildman–Crippen MR) is 122 cm³/mol. The first-order valence-corrected chi connectivity index (χ1v) is 10.9. The molecule has 5 rings (SSSR count). The fourth-order valence-electron chi connectivity index (χ4n) is 4.24. The van der Waals surface area contributed by atoms with Crippen molar-refractivity contribution in [3.05, 3.63) is 46.5 Å². The van der Waals surface area contributed by atoms with Crippen molar-refractivity contribution in [1.82, 2.24) is 24.5 Å². The van der Waals surface area contributed by atoms with Crippen molar-refractivity contribution < 1.29 is 14.3 Å². The second kappa shape index (κ2) is 8.49. The number of anilines is 3. The predicted octanol–water partition coefficient (Wildman–Crippen LogP) is 1.54. The number of carbonyl (C=O) groups excluding carboxylic acids is 1. The molecule has 2 fully saturated rings. The Morgan fingerprint density at radius 3 is 2.70 bits per heavy atom. The normalized spacial score (nSPS) is 23.7. The van der Waals surface area contributed by atoms with Crippen LogP contribution in [-0.4, -0.2) is 64.6 Å². The zero-order valence-electron chi connectivity index (χ0n) is 18.7. The number of pyridine rings is 1. The first kappa shape index (κ1) is 21.4. The standard InChI is InChI=1S/C22H27N7O4/c1-23-19-10-18(25-14-5-4-8-28(22(14)31)15-9-17(15)33-3)27-20-12(11-24-29(19)20)21(30)26-13-6-7-16(13)32-2/h4-5,8,10-11,13,15-17,23H,6-7,9H2,1-3H3,(H,25,27)(H,26,30)/t13-,15-,16-,17-/m0/s1. The van der Waals surface area contributed by atoms with Crippen LogP contribution in [0.3, 0.4) is 0 Å². The van der Waals surface area contributed by atoms with Crippen LogP contribution in [0.2, 0.25) is 0 Å². The summed E-state index contributed by atoms with van der Waals surface area (Å²) < 4.78 is 14.0. The molecular formula is C22H27N7O4. The molecule has 3 aromatic heterocycles. The van der Waals surface area contributed by atoms with Gasteiger partial charge in [-0.2, -0.15) is 9.61 Å². The molecule has 11 nitrogen and oxygen atoms in total. The molecule has 2 saturated carbocycles. The van der Waals surface area contributed by atoms with Gasteiger partial charge < -0.3 is 30.0 Å². The Balaban J connectivity index is 1.45. The molecule has 174 valence electrons. The Hall–Kier alpha value is -3.44. The molecule has 0 saturated heterocycles. The van der Waals surface area contributed by atoms with Gasteiger partial charge in [-0.25, -0.2) is 4.98 Å². The van der Waals surface area contributed by atoms with Gasteiger partial charge in [0.05, 0.1) is 30.5 Å². The molecule has 0 spiro atoms. The zero-order valence-corrected chi connectivity index (χ0v) is 18.7. The summed E-state index contributed by atoms with van der Waals surface area (Å²) in [5, 5.41) is 13.5. The highest BCUT2D eigenvalue weighted by Crippen LogP contribution is 2.37. The number of fused-ring (bicyclic) bond motifs is 1. The van der Waals surface area contributed by atoms with Crippen LogP contribution in [0.5, 0.6) is 0 Å². The fraction of sp³-hybridized carbons (Fsp3) is 0.455. The molecule has 4 atom stereocenters. The van der Waals surface area contributed by atoms with Crippen LogP contribution in [0.25, 0.3) is 5.65 Å². The summed E-state index contributed by atoms with van der Waals surface area (Å²) in [5.41, 5.74) is 0.967. The van der Waals surface area contributed by atoms with E-state index in [1.807, 2.05) is 6.07 Å². The van der Waals surface area contributed by atoms with E-state index < -0.39 is 0 Å². The number of nitrogens with zero attached hydrogens (tertiary/aromatic N) is 4. The molecular weight excluding hydrogens is 426 g/mol. The number of amides is 1. The average molecular weight is 454 g/mol. The van der Waals surface area contributed by atoms with Crippen LogP contribution >= 0.6 is 0 Å². The summed E-state index contributed by atoms with van der Waals surface area (Å²) in [6.45, 7) is 0. The molecule has 1 amide bonds. The number of carbonyl (C=O) groups is 1. The number of rotatable bonds is 8. The van der Waals surface area contributed by atoms with Crippen LogP contribution < -0.4 is 21.5 Å². The molecule has 3 heterocycles. The molecule has 33 heavy (non-hydrogen) atoms. The number of nitrogens with one attached hydrogen (secondary N) is 3. The van der Waals surface area contributed by atoms with Gasteiger partial charge in [0.15, 0.2) is 5.65 Å². The van der Waals surface area contributed by atoms with E-state index in [1.165, 1.54) is 6.20 Å². The minimum absolute atomic E-state index is 0.0244. The summed E-state index contributed by atoms with van der Waals surface area (Å²) in [5.74, 6) is 0.788. The van der Waals surface area contributed by atoms with E-state index in [4.69, 9.17) is 9.47 Å². The Morgan fingerprint density at radius 1 is 1.21 bits per heavy atom. The summed E-state index contributed by atoms with van der Waals surface area (Å²) in [7, 11) is 5.05. The van der Waals surface area contributed by atoms with E-state index in [0.29, 0.717) is 28.5 Å². The van der Waals surface area contributed by atoms with Gasteiger partial charge in [0, 0.05) is 33.5 Å². The van der Waals surface area contributed by atoms with Crippen molar-refractivity contribution in [2.75, 3.05) is 31.9 Å². The minimum atomic E-state index is -0.259. The third-order valence-corrected chi connectivity index (χ3v) is 6.40. The molecule has 3 N–H and O–H groups in total. The molecule has 0 unspecified atom stereocenters. The van der Waals surface area contributed by atoms with Gasteiger partial charge in [-0.05, 0) is 31.4 Å². The van der Waals surface area contributed by atoms with Gasteiger partial charge in [-0.1, -0.05) is 0 Å². The van der Waals surface area contributed by atoms with Crippen LogP contribution in [0.15, 0.2) is 35.4 Å². The molecule has 2 aliphatic carbocycles. The van der Waals surface area contributed by atoms with Gasteiger partial charge in [-0.3, -0.25) is 9.59 Å². The largest absolute Gasteiger partial charge is 0.379 e. The van der Waals surface area contributed by atoms with Crippen molar-refractivity contribution in [2.45, 2.75) is 43.6 Å². The highest BCUT2D eigenvalue weighted by Gasteiger charge is 2.39. The Bertz CT molecular complexity index is 1250. The highest BCUT2D eigenvalue weighted by atomic mass is 16.5. The fourth-order valence-corrected chi connectivity index (χ4v) is 4.24. The van der Waals surface area contributed by atoms with E-state index in [9.17, 15) is 9.59 Å². The van der Waals surface area contributed by atoms with E-state index in [1.54, 1.807) is 48.7 Å². The molecule has 2 aliphatic rings. The van der Waals surface area contributed by atoms with Gasteiger partial charge in [-0.15, -0.1) is 0 Å². The summed E-state index contributed by atoms with van der Waals surface area (Å²) in [6, 6.07) is 5.28. The van der Waals surface area contributed by atoms with Crippen LogP contribution in [0.1, 0.15) is 35.7 Å². The van der Waals surface area contributed by atoms with E-state index in [0.717, 1.165) is 19.3 Å². The van der Waals surface area contributed by atoms with Gasteiger partial charge in [0.25, 0.3) is 11.5 Å². The number of aromatic nitrogens is 4. The Kier molecular flexibility index (Phi) is 5.51. The molecule has 0 aliphatic heterocycles. The smallest absolute Gasteiger partial charge is 0.274 e. The summed E-state index contributed by atoms with van der Waals surface area (Å²) in [4.78, 5) is 30.5. The lowest BCUT2D eigenvalue weighted by Crippen LogP contribution is -2.51. The first-order valence-electron chi connectivity index (χ1n) is 10.9. The molecule has 0 bridgehead atoms. The van der Waals surface area contributed by atoms with Crippen molar-refractivity contribution in [2.24, 2.45) is 0 Å². The number of ether oxygens (including phenoxy) is 2. The number of hydrogen-bond donors (Lipinski definition) is 3. The van der Waals surface area contributed by atoms with Crippen molar-refractivity contribution in [3.63, 3.8) is 0 Å². The van der Waals surface area contributed by atoms with Gasteiger partial charge >= 0.3 is 0 Å². The lowest BCUT2D eigenvalue weighted by Gasteiger charge is -2.35.